The van der Waals surface area contributed by atoms with Crippen molar-refractivity contribution in [3.63, 3.8) is 0 Å². The molecular weight excluding hydrogens is 350 g/mol. The number of nitrogens with one attached hydrogen (secondary N) is 1. The van der Waals surface area contributed by atoms with Gasteiger partial charge in [0.05, 0.1) is 17.0 Å². The molecule has 0 bridgehead atoms. The first-order valence-corrected chi connectivity index (χ1v) is 9.44. The SMILES string of the molecule is O=C(NCCS(=O)(=O)N1CCc2ccccc21)c1ccc(Cl)nc1. The minimum atomic E-state index is -3.48. The van der Waals surface area contributed by atoms with E-state index in [0.29, 0.717) is 23.7 Å². The molecule has 0 radical (unpaired) electrons. The van der Waals surface area contributed by atoms with E-state index in [1.807, 2.05) is 18.2 Å². The largest absolute Gasteiger partial charge is 0.351 e. The monoisotopic (exact) mass is 365 g/mol. The number of carbonyl (C=O) groups is 1. The van der Waals surface area contributed by atoms with Crippen molar-refractivity contribution in [3.05, 3.63) is 58.9 Å². The molecule has 0 aliphatic carbocycles. The van der Waals surface area contributed by atoms with Gasteiger partial charge in [-0.1, -0.05) is 29.8 Å². The molecule has 1 aromatic heterocycles. The molecule has 1 aliphatic rings. The van der Waals surface area contributed by atoms with Crippen LogP contribution in [0.15, 0.2) is 42.6 Å². The Balaban J connectivity index is 1.60. The maximum Gasteiger partial charge on any atom is 0.252 e. The van der Waals surface area contributed by atoms with Gasteiger partial charge in [-0.05, 0) is 30.2 Å². The van der Waals surface area contributed by atoms with E-state index >= 15 is 0 Å². The van der Waals surface area contributed by atoms with Crippen LogP contribution in [0, 0.1) is 0 Å². The van der Waals surface area contributed by atoms with Crippen molar-refractivity contribution >= 4 is 33.2 Å². The van der Waals surface area contributed by atoms with Crippen molar-refractivity contribution in [1.82, 2.24) is 10.3 Å². The molecule has 1 aromatic carbocycles. The van der Waals surface area contributed by atoms with Crippen LogP contribution in [0.25, 0.3) is 0 Å². The van der Waals surface area contributed by atoms with E-state index in [1.165, 1.54) is 22.6 Å². The lowest BCUT2D eigenvalue weighted by molar-refractivity contribution is 0.0956. The molecule has 0 fully saturated rings. The van der Waals surface area contributed by atoms with Crippen LogP contribution in [0.3, 0.4) is 0 Å². The van der Waals surface area contributed by atoms with Crippen LogP contribution in [-0.2, 0) is 16.4 Å². The van der Waals surface area contributed by atoms with E-state index in [9.17, 15) is 13.2 Å². The number of para-hydroxylation sites is 1. The number of fused-ring (bicyclic) bond motifs is 1. The summed E-state index contributed by atoms with van der Waals surface area (Å²) < 4.78 is 26.4. The Kier molecular flexibility index (Phi) is 4.73. The van der Waals surface area contributed by atoms with Gasteiger partial charge in [-0.2, -0.15) is 0 Å². The molecular formula is C16H16ClN3O3S. The first-order valence-electron chi connectivity index (χ1n) is 7.45. The standard InChI is InChI=1S/C16H16ClN3O3S/c17-15-6-5-13(11-19-15)16(21)18-8-10-24(22,23)20-9-7-12-3-1-2-4-14(12)20/h1-6,11H,7-10H2,(H,18,21). The van der Waals surface area contributed by atoms with Crippen LogP contribution < -0.4 is 9.62 Å². The number of benzene rings is 1. The number of pyridine rings is 1. The maximum atomic E-state index is 12.5. The minimum absolute atomic E-state index is 0.0302. The van der Waals surface area contributed by atoms with Crippen LogP contribution >= 0.6 is 11.6 Å². The third kappa shape index (κ3) is 3.52. The van der Waals surface area contributed by atoms with Gasteiger partial charge in [0.15, 0.2) is 0 Å². The van der Waals surface area contributed by atoms with Crippen LogP contribution in [0.2, 0.25) is 5.15 Å². The molecule has 2 heterocycles. The van der Waals surface area contributed by atoms with Gasteiger partial charge in [-0.15, -0.1) is 0 Å². The Morgan fingerprint density at radius 2 is 2.04 bits per heavy atom. The smallest absolute Gasteiger partial charge is 0.252 e. The highest BCUT2D eigenvalue weighted by Crippen LogP contribution is 2.29. The van der Waals surface area contributed by atoms with E-state index in [-0.39, 0.29) is 18.2 Å². The number of hydrogen-bond acceptors (Lipinski definition) is 4. The summed E-state index contributed by atoms with van der Waals surface area (Å²) >= 11 is 5.67. The van der Waals surface area contributed by atoms with Crippen LogP contribution in [0.1, 0.15) is 15.9 Å². The molecule has 6 nitrogen and oxygen atoms in total. The van der Waals surface area contributed by atoms with Gasteiger partial charge in [0.1, 0.15) is 5.15 Å². The van der Waals surface area contributed by atoms with Crippen LogP contribution in [0.4, 0.5) is 5.69 Å². The molecule has 2 aromatic rings. The van der Waals surface area contributed by atoms with Gasteiger partial charge in [-0.25, -0.2) is 13.4 Å². The predicted octanol–water partition coefficient (Wildman–Crippen LogP) is 1.86. The summed E-state index contributed by atoms with van der Waals surface area (Å²) in [5.41, 5.74) is 2.09. The number of nitrogens with zero attached hydrogens (tertiary/aromatic N) is 2. The van der Waals surface area contributed by atoms with E-state index in [4.69, 9.17) is 11.6 Å². The third-order valence-corrected chi connectivity index (χ3v) is 5.81. The Bertz CT molecular complexity index is 853. The summed E-state index contributed by atoms with van der Waals surface area (Å²) in [4.78, 5) is 15.8. The van der Waals surface area contributed by atoms with Gasteiger partial charge in [0.25, 0.3) is 5.91 Å². The molecule has 1 aliphatic heterocycles. The molecule has 0 saturated carbocycles. The summed E-state index contributed by atoms with van der Waals surface area (Å²) in [5, 5.41) is 2.89. The quantitative estimate of drug-likeness (QED) is 0.820. The normalized spacial score (nSPS) is 13.6. The highest BCUT2D eigenvalue weighted by atomic mass is 35.5. The summed E-state index contributed by atoms with van der Waals surface area (Å²) in [7, 11) is -3.48. The zero-order valence-corrected chi connectivity index (χ0v) is 14.3. The second-order valence-corrected chi connectivity index (χ2v) is 7.79. The lowest BCUT2D eigenvalue weighted by Crippen LogP contribution is -2.37. The second-order valence-electron chi connectivity index (χ2n) is 5.39. The fourth-order valence-corrected chi connectivity index (χ4v) is 4.15. The Morgan fingerprint density at radius 3 is 2.79 bits per heavy atom. The lowest BCUT2D eigenvalue weighted by atomic mass is 10.2. The molecule has 1 amide bonds. The summed E-state index contributed by atoms with van der Waals surface area (Å²) in [6.07, 6.45) is 2.06. The number of amides is 1. The average molecular weight is 366 g/mol. The first kappa shape index (κ1) is 16.7. The van der Waals surface area contributed by atoms with Gasteiger partial charge in [0.2, 0.25) is 10.0 Å². The number of hydrogen-bond donors (Lipinski definition) is 1. The fraction of sp³-hybridized carbons (Fsp3) is 0.250. The van der Waals surface area contributed by atoms with Gasteiger partial charge in [-0.3, -0.25) is 9.10 Å². The van der Waals surface area contributed by atoms with E-state index in [0.717, 1.165) is 11.3 Å². The molecule has 126 valence electrons. The van der Waals surface area contributed by atoms with Crippen molar-refractivity contribution in [1.29, 1.82) is 0 Å². The molecule has 0 atom stereocenters. The van der Waals surface area contributed by atoms with Crippen molar-refractivity contribution in [2.24, 2.45) is 0 Å². The van der Waals surface area contributed by atoms with Crippen molar-refractivity contribution in [3.8, 4) is 0 Å². The van der Waals surface area contributed by atoms with Crippen molar-refractivity contribution < 1.29 is 13.2 Å². The second kappa shape index (κ2) is 6.78. The summed E-state index contributed by atoms with van der Waals surface area (Å²) in [6.45, 7) is 0.471. The van der Waals surface area contributed by atoms with Gasteiger partial charge < -0.3 is 5.32 Å². The predicted molar refractivity (Wildman–Crippen MR) is 92.9 cm³/mol. The van der Waals surface area contributed by atoms with Crippen LogP contribution in [0.5, 0.6) is 0 Å². The number of rotatable bonds is 5. The van der Waals surface area contributed by atoms with Crippen LogP contribution in [-0.4, -0.2) is 38.2 Å². The molecule has 0 saturated heterocycles. The molecule has 0 unspecified atom stereocenters. The Hall–Kier alpha value is -2.12. The Labute approximate surface area is 145 Å². The Morgan fingerprint density at radius 1 is 1.25 bits per heavy atom. The fourth-order valence-electron chi connectivity index (χ4n) is 2.61. The van der Waals surface area contributed by atoms with Gasteiger partial charge >= 0.3 is 0 Å². The number of sulfonamides is 1. The number of anilines is 1. The van der Waals surface area contributed by atoms with Crippen molar-refractivity contribution in [2.75, 3.05) is 23.1 Å². The highest BCUT2D eigenvalue weighted by Gasteiger charge is 2.28. The summed E-state index contributed by atoms with van der Waals surface area (Å²) in [6, 6.07) is 10.5. The molecule has 3 rings (SSSR count). The molecule has 8 heteroatoms. The van der Waals surface area contributed by atoms with E-state index < -0.39 is 10.0 Å². The average Bonchev–Trinajstić information content (AvgIpc) is 3.00. The lowest BCUT2D eigenvalue weighted by Gasteiger charge is -2.19. The first-order chi connectivity index (χ1) is 11.5. The number of halogens is 1. The zero-order chi connectivity index (χ0) is 17.2. The minimum Gasteiger partial charge on any atom is -0.351 e. The highest BCUT2D eigenvalue weighted by molar-refractivity contribution is 7.92. The maximum absolute atomic E-state index is 12.5. The van der Waals surface area contributed by atoms with Gasteiger partial charge in [0, 0.05) is 19.3 Å². The number of carbonyl (C=O) groups excluding carboxylic acids is 1. The van der Waals surface area contributed by atoms with E-state index in [1.54, 1.807) is 6.07 Å². The molecule has 24 heavy (non-hydrogen) atoms. The zero-order valence-electron chi connectivity index (χ0n) is 12.8. The molecule has 1 N–H and O–H groups in total. The number of aromatic nitrogens is 1. The molecule has 0 spiro atoms. The third-order valence-electron chi connectivity index (χ3n) is 3.82. The van der Waals surface area contributed by atoms with Crippen molar-refractivity contribution in [2.45, 2.75) is 6.42 Å². The summed E-state index contributed by atoms with van der Waals surface area (Å²) in [5.74, 6) is -0.537. The van der Waals surface area contributed by atoms with E-state index in [2.05, 4.69) is 10.3 Å². The topological polar surface area (TPSA) is 79.4 Å².